The third kappa shape index (κ3) is 2.53. The number of aromatic nitrogens is 1. The van der Waals surface area contributed by atoms with Crippen molar-refractivity contribution in [2.45, 2.75) is 37.8 Å². The number of nitrogens with one attached hydrogen (secondary N) is 1. The number of nitrogens with zero attached hydrogens (tertiary/aromatic N) is 3. The van der Waals surface area contributed by atoms with Gasteiger partial charge in [-0.25, -0.2) is 4.98 Å². The van der Waals surface area contributed by atoms with Crippen LogP contribution in [-0.2, 0) is 0 Å². The van der Waals surface area contributed by atoms with Crippen molar-refractivity contribution in [1.82, 2.24) is 9.88 Å². The second-order valence-electron chi connectivity index (χ2n) is 5.56. The molecule has 0 aliphatic carbocycles. The Balaban J connectivity index is 1.74. The molecular weight excluding hydrogens is 258 g/mol. The first-order valence-electron chi connectivity index (χ1n) is 7.05. The van der Waals surface area contributed by atoms with Gasteiger partial charge < -0.3 is 16.0 Å². The van der Waals surface area contributed by atoms with Gasteiger partial charge in [-0.1, -0.05) is 0 Å². The molecule has 20 heavy (non-hydrogen) atoms. The van der Waals surface area contributed by atoms with Crippen molar-refractivity contribution in [2.24, 2.45) is 0 Å². The third-order valence-corrected chi connectivity index (χ3v) is 4.25. The molecule has 0 spiro atoms. The van der Waals surface area contributed by atoms with Crippen molar-refractivity contribution in [3.8, 4) is 0 Å². The zero-order valence-corrected chi connectivity index (χ0v) is 11.3. The van der Waals surface area contributed by atoms with Gasteiger partial charge >= 0.3 is 5.69 Å². The third-order valence-electron chi connectivity index (χ3n) is 4.25. The summed E-state index contributed by atoms with van der Waals surface area (Å²) in [5, 5.41) is 14.3. The molecule has 108 valence electrons. The summed E-state index contributed by atoms with van der Waals surface area (Å²) >= 11 is 0. The van der Waals surface area contributed by atoms with E-state index in [9.17, 15) is 10.1 Å². The Labute approximate surface area is 117 Å². The number of fused-ring (bicyclic) bond motifs is 1. The molecule has 2 aliphatic rings. The van der Waals surface area contributed by atoms with Crippen LogP contribution in [0.1, 0.15) is 25.7 Å². The van der Waals surface area contributed by atoms with Crippen LogP contribution in [0.2, 0.25) is 0 Å². The lowest BCUT2D eigenvalue weighted by Crippen LogP contribution is -2.42. The van der Waals surface area contributed by atoms with Gasteiger partial charge in [0.2, 0.25) is 5.82 Å². The van der Waals surface area contributed by atoms with Crippen LogP contribution >= 0.6 is 0 Å². The van der Waals surface area contributed by atoms with Gasteiger partial charge in [-0.2, -0.15) is 0 Å². The number of pyridine rings is 1. The van der Waals surface area contributed by atoms with Gasteiger partial charge in [0.25, 0.3) is 0 Å². The van der Waals surface area contributed by atoms with Crippen LogP contribution in [0.4, 0.5) is 17.3 Å². The van der Waals surface area contributed by atoms with Gasteiger partial charge in [0.05, 0.1) is 4.92 Å². The normalized spacial score (nSPS) is 26.2. The number of hydrogen-bond acceptors (Lipinski definition) is 6. The molecule has 1 aromatic rings. The Hall–Kier alpha value is -1.89. The fourth-order valence-electron chi connectivity index (χ4n) is 3.27. The minimum Gasteiger partial charge on any atom is -0.384 e. The topological polar surface area (TPSA) is 97.3 Å². The van der Waals surface area contributed by atoms with E-state index in [1.807, 2.05) is 0 Å². The SMILES string of the molecule is Nc1ccc([N+](=O)[O-])c(NC2CCN3CCCC3C2)n1. The maximum Gasteiger partial charge on any atom is 0.311 e. The quantitative estimate of drug-likeness (QED) is 0.643. The number of hydrogen-bond donors (Lipinski definition) is 2. The van der Waals surface area contributed by atoms with Crippen molar-refractivity contribution < 1.29 is 4.92 Å². The molecular formula is C13H19N5O2. The van der Waals surface area contributed by atoms with Crippen molar-refractivity contribution in [3.05, 3.63) is 22.2 Å². The molecule has 7 nitrogen and oxygen atoms in total. The van der Waals surface area contributed by atoms with Crippen LogP contribution < -0.4 is 11.1 Å². The molecule has 2 fully saturated rings. The van der Waals surface area contributed by atoms with E-state index in [1.165, 1.54) is 31.5 Å². The Morgan fingerprint density at radius 3 is 3.05 bits per heavy atom. The van der Waals surface area contributed by atoms with Gasteiger partial charge in [-0.3, -0.25) is 10.1 Å². The molecule has 3 N–H and O–H groups in total. The molecule has 2 unspecified atom stereocenters. The van der Waals surface area contributed by atoms with E-state index in [0.717, 1.165) is 19.4 Å². The predicted molar refractivity (Wildman–Crippen MR) is 76.5 cm³/mol. The van der Waals surface area contributed by atoms with Crippen LogP contribution in [0.25, 0.3) is 0 Å². The molecule has 0 radical (unpaired) electrons. The molecule has 0 bridgehead atoms. The minimum atomic E-state index is -0.417. The van der Waals surface area contributed by atoms with E-state index in [2.05, 4.69) is 15.2 Å². The first kappa shape index (κ1) is 13.1. The first-order chi connectivity index (χ1) is 9.63. The predicted octanol–water partition coefficient (Wildman–Crippen LogP) is 1.61. The molecule has 0 amide bonds. The second-order valence-corrected chi connectivity index (χ2v) is 5.56. The maximum atomic E-state index is 11.0. The van der Waals surface area contributed by atoms with Crippen LogP contribution in [0.15, 0.2) is 12.1 Å². The van der Waals surface area contributed by atoms with E-state index < -0.39 is 4.92 Å². The summed E-state index contributed by atoms with van der Waals surface area (Å²) in [5.41, 5.74) is 5.63. The molecule has 2 saturated heterocycles. The van der Waals surface area contributed by atoms with Crippen LogP contribution in [0, 0.1) is 10.1 Å². The minimum absolute atomic E-state index is 0.00643. The fraction of sp³-hybridized carbons (Fsp3) is 0.615. The van der Waals surface area contributed by atoms with E-state index >= 15 is 0 Å². The highest BCUT2D eigenvalue weighted by atomic mass is 16.6. The standard InChI is InChI=1S/C13H19N5O2/c14-12-4-3-11(18(19)20)13(16-12)15-9-5-7-17-6-1-2-10(17)8-9/h3-4,9-10H,1-2,5-8H2,(H3,14,15,16). The van der Waals surface area contributed by atoms with Crippen LogP contribution in [0.5, 0.6) is 0 Å². The Morgan fingerprint density at radius 1 is 1.40 bits per heavy atom. The van der Waals surface area contributed by atoms with E-state index in [4.69, 9.17) is 5.73 Å². The fourth-order valence-corrected chi connectivity index (χ4v) is 3.27. The molecule has 0 aromatic carbocycles. The summed E-state index contributed by atoms with van der Waals surface area (Å²) in [6.45, 7) is 2.24. The number of nitrogens with two attached hydrogens (primary N) is 1. The van der Waals surface area contributed by atoms with Crippen molar-refractivity contribution >= 4 is 17.3 Å². The van der Waals surface area contributed by atoms with Crippen molar-refractivity contribution in [2.75, 3.05) is 24.1 Å². The monoisotopic (exact) mass is 277 g/mol. The number of nitrogen functional groups attached to an aromatic ring is 1. The van der Waals surface area contributed by atoms with E-state index in [-0.39, 0.29) is 11.7 Å². The maximum absolute atomic E-state index is 11.0. The highest BCUT2D eigenvalue weighted by Gasteiger charge is 2.32. The number of nitro groups is 1. The Bertz CT molecular complexity index is 521. The van der Waals surface area contributed by atoms with Gasteiger partial charge in [0.1, 0.15) is 5.82 Å². The van der Waals surface area contributed by atoms with Crippen LogP contribution in [-0.4, -0.2) is 40.0 Å². The summed E-state index contributed by atoms with van der Waals surface area (Å²) < 4.78 is 0. The summed E-state index contributed by atoms with van der Waals surface area (Å²) in [5.74, 6) is 0.600. The molecule has 1 aromatic heterocycles. The summed E-state index contributed by atoms with van der Waals surface area (Å²) in [4.78, 5) is 17.2. The van der Waals surface area contributed by atoms with Gasteiger partial charge in [-0.05, 0) is 38.3 Å². The highest BCUT2D eigenvalue weighted by molar-refractivity contribution is 5.59. The van der Waals surface area contributed by atoms with Crippen molar-refractivity contribution in [1.29, 1.82) is 0 Å². The first-order valence-corrected chi connectivity index (χ1v) is 7.05. The lowest BCUT2D eigenvalue weighted by molar-refractivity contribution is -0.384. The van der Waals surface area contributed by atoms with E-state index in [1.54, 1.807) is 0 Å². The highest BCUT2D eigenvalue weighted by Crippen LogP contribution is 2.30. The largest absolute Gasteiger partial charge is 0.384 e. The zero-order chi connectivity index (χ0) is 14.1. The molecule has 2 aliphatic heterocycles. The van der Waals surface area contributed by atoms with Gasteiger partial charge in [0.15, 0.2) is 0 Å². The molecule has 7 heteroatoms. The average molecular weight is 277 g/mol. The van der Waals surface area contributed by atoms with Gasteiger partial charge in [0, 0.05) is 24.7 Å². The lowest BCUT2D eigenvalue weighted by atomic mass is 9.97. The molecule has 2 atom stereocenters. The summed E-state index contributed by atoms with van der Waals surface area (Å²) in [7, 11) is 0. The second kappa shape index (κ2) is 5.24. The number of anilines is 2. The summed E-state index contributed by atoms with van der Waals surface area (Å²) in [6, 6.07) is 3.72. The number of rotatable bonds is 3. The Morgan fingerprint density at radius 2 is 2.25 bits per heavy atom. The lowest BCUT2D eigenvalue weighted by Gasteiger charge is -2.35. The zero-order valence-electron chi connectivity index (χ0n) is 11.3. The summed E-state index contributed by atoms with van der Waals surface area (Å²) in [6.07, 6.45) is 4.50. The Kier molecular flexibility index (Phi) is 3.43. The molecule has 3 heterocycles. The molecule has 3 rings (SSSR count). The average Bonchev–Trinajstić information content (AvgIpc) is 2.85. The van der Waals surface area contributed by atoms with Crippen LogP contribution in [0.3, 0.4) is 0 Å². The number of piperidine rings is 1. The smallest absolute Gasteiger partial charge is 0.311 e. The van der Waals surface area contributed by atoms with Gasteiger partial charge in [-0.15, -0.1) is 0 Å². The van der Waals surface area contributed by atoms with Crippen molar-refractivity contribution in [3.63, 3.8) is 0 Å². The van der Waals surface area contributed by atoms with E-state index in [0.29, 0.717) is 17.7 Å². The molecule has 0 saturated carbocycles.